The van der Waals surface area contributed by atoms with E-state index in [0.717, 1.165) is 5.46 Å². The Kier molecular flexibility index (Phi) is 4.55. The molecule has 1 heterocycles. The Morgan fingerprint density at radius 3 is 1.96 bits per heavy atom. The lowest BCUT2D eigenvalue weighted by atomic mass is 9.94. The van der Waals surface area contributed by atoms with Crippen LogP contribution in [0.3, 0.4) is 0 Å². The summed E-state index contributed by atoms with van der Waals surface area (Å²) in [5.41, 5.74) is 2.83. The molecule has 0 N–H and O–H groups in total. The van der Waals surface area contributed by atoms with Crippen LogP contribution in [0.4, 0.5) is 8.78 Å². The Labute approximate surface area is 161 Å². The van der Waals surface area contributed by atoms with Gasteiger partial charge in [-0.1, -0.05) is 41.9 Å². The number of halogens is 2. The molecule has 0 fully saturated rings. The van der Waals surface area contributed by atoms with E-state index in [2.05, 4.69) is 4.98 Å². The molecule has 138 valence electrons. The first-order chi connectivity index (χ1) is 13.4. The van der Waals surface area contributed by atoms with Gasteiger partial charge in [0.1, 0.15) is 25.3 Å². The maximum absolute atomic E-state index is 13.5. The second-order valence-electron chi connectivity index (χ2n) is 6.86. The number of fused-ring (bicyclic) bond motifs is 1. The second-order valence-corrected chi connectivity index (χ2v) is 6.86. The van der Waals surface area contributed by atoms with Crippen molar-refractivity contribution >= 4 is 24.2 Å². The van der Waals surface area contributed by atoms with Gasteiger partial charge in [-0.15, -0.1) is 0 Å². The molecule has 3 nitrogen and oxygen atoms in total. The zero-order valence-electron chi connectivity index (χ0n) is 15.5. The molecule has 28 heavy (non-hydrogen) atoms. The van der Waals surface area contributed by atoms with Gasteiger partial charge in [-0.2, -0.15) is 0 Å². The van der Waals surface area contributed by atoms with Gasteiger partial charge < -0.3 is 0 Å². The van der Waals surface area contributed by atoms with Crippen LogP contribution in [-0.2, 0) is 0 Å². The topological polar surface area (TPSA) is 34.9 Å². The normalized spacial score (nSPS) is 11.3. The van der Waals surface area contributed by atoms with Crippen LogP contribution in [0.5, 0.6) is 0 Å². The number of benzene rings is 3. The molecule has 0 radical (unpaired) electrons. The molecule has 0 saturated carbocycles. The average molecular weight is 374 g/mol. The summed E-state index contributed by atoms with van der Waals surface area (Å²) in [6, 6.07) is 16.9. The molecule has 4 rings (SSSR count). The fourth-order valence-corrected chi connectivity index (χ4v) is 3.51. The van der Waals surface area contributed by atoms with Crippen molar-refractivity contribution in [2.75, 3.05) is 0 Å². The molecule has 0 spiro atoms. The van der Waals surface area contributed by atoms with E-state index in [1.54, 1.807) is 35.8 Å². The van der Waals surface area contributed by atoms with Crippen molar-refractivity contribution in [3.8, 4) is 0 Å². The minimum atomic E-state index is -0.550. The average Bonchev–Trinajstić information content (AvgIpc) is 2.68. The van der Waals surface area contributed by atoms with Crippen molar-refractivity contribution < 1.29 is 8.78 Å². The standard InChI is InChI=1S/C22H17BF2N2O/c1-13-26-20-11-6-16(23)12-19(20)22(28)27(13)21(14-2-7-17(24)8-3-14)15-4-9-18(25)10-5-15/h2-12,21H,23H2,1H3. The minimum absolute atomic E-state index is 0.190. The van der Waals surface area contributed by atoms with E-state index in [1.165, 1.54) is 24.3 Å². The third-order valence-corrected chi connectivity index (χ3v) is 4.86. The van der Waals surface area contributed by atoms with E-state index in [4.69, 9.17) is 0 Å². The monoisotopic (exact) mass is 374 g/mol. The summed E-state index contributed by atoms with van der Waals surface area (Å²) in [6.45, 7) is 1.76. The fraction of sp³-hybridized carbons (Fsp3) is 0.0909. The number of aryl methyl sites for hydroxylation is 1. The Hall–Kier alpha value is -3.28. The highest BCUT2D eigenvalue weighted by molar-refractivity contribution is 6.33. The third-order valence-electron chi connectivity index (χ3n) is 4.86. The fourth-order valence-electron chi connectivity index (χ4n) is 3.51. The number of hydrogen-bond donors (Lipinski definition) is 0. The molecule has 6 heteroatoms. The molecule has 0 atom stereocenters. The smallest absolute Gasteiger partial charge is 0.262 e. The van der Waals surface area contributed by atoms with E-state index < -0.39 is 6.04 Å². The summed E-state index contributed by atoms with van der Waals surface area (Å²) in [4.78, 5) is 18.0. The van der Waals surface area contributed by atoms with E-state index >= 15 is 0 Å². The van der Waals surface area contributed by atoms with Crippen LogP contribution in [0, 0.1) is 18.6 Å². The molecule has 1 aromatic heterocycles. The summed E-state index contributed by atoms with van der Waals surface area (Å²) in [6.07, 6.45) is 0. The summed E-state index contributed by atoms with van der Waals surface area (Å²) in [7, 11) is 1.92. The van der Waals surface area contributed by atoms with Gasteiger partial charge >= 0.3 is 0 Å². The van der Waals surface area contributed by atoms with Gasteiger partial charge in [0.15, 0.2) is 0 Å². The van der Waals surface area contributed by atoms with Gasteiger partial charge in [-0.05, 0) is 48.4 Å². The first kappa shape index (κ1) is 18.1. The predicted molar refractivity (Wildman–Crippen MR) is 109 cm³/mol. The SMILES string of the molecule is Bc1ccc2nc(C)n(C(c3ccc(F)cc3)c3ccc(F)cc3)c(=O)c2c1. The van der Waals surface area contributed by atoms with E-state index in [0.29, 0.717) is 27.9 Å². The Bertz CT molecular complexity index is 1170. The molecule has 4 aromatic rings. The quantitative estimate of drug-likeness (QED) is 0.517. The second kappa shape index (κ2) is 7.04. The maximum atomic E-state index is 13.5. The first-order valence-corrected chi connectivity index (χ1v) is 8.94. The van der Waals surface area contributed by atoms with E-state index in [9.17, 15) is 13.6 Å². The van der Waals surface area contributed by atoms with Crippen molar-refractivity contribution in [3.63, 3.8) is 0 Å². The van der Waals surface area contributed by atoms with Gasteiger partial charge in [0.05, 0.1) is 16.9 Å². The lowest BCUT2D eigenvalue weighted by molar-refractivity contribution is 0.602. The highest BCUT2D eigenvalue weighted by atomic mass is 19.1. The van der Waals surface area contributed by atoms with Crippen LogP contribution in [0.2, 0.25) is 0 Å². The van der Waals surface area contributed by atoms with Crippen molar-refractivity contribution in [2.45, 2.75) is 13.0 Å². The number of rotatable bonds is 3. The third kappa shape index (κ3) is 3.22. The Morgan fingerprint density at radius 1 is 0.893 bits per heavy atom. The van der Waals surface area contributed by atoms with Gasteiger partial charge in [0.25, 0.3) is 5.56 Å². The molecular formula is C22H17BF2N2O. The lowest BCUT2D eigenvalue weighted by Crippen LogP contribution is -2.30. The van der Waals surface area contributed by atoms with Gasteiger partial charge in [-0.3, -0.25) is 9.36 Å². The molecule has 0 unspecified atom stereocenters. The number of hydrogen-bond acceptors (Lipinski definition) is 2. The molecule has 0 bridgehead atoms. The molecule has 0 saturated heterocycles. The van der Waals surface area contributed by atoms with E-state index in [-0.39, 0.29) is 17.2 Å². The first-order valence-electron chi connectivity index (χ1n) is 8.94. The highest BCUT2D eigenvalue weighted by Crippen LogP contribution is 2.27. The van der Waals surface area contributed by atoms with Crippen molar-refractivity contribution in [1.82, 2.24) is 9.55 Å². The van der Waals surface area contributed by atoms with Crippen molar-refractivity contribution in [2.24, 2.45) is 0 Å². The summed E-state index contributed by atoms with van der Waals surface area (Å²) >= 11 is 0. The van der Waals surface area contributed by atoms with Crippen LogP contribution in [0.15, 0.2) is 71.5 Å². The number of aromatic nitrogens is 2. The molecule has 0 aliphatic carbocycles. The summed E-state index contributed by atoms with van der Waals surface area (Å²) in [5, 5.41) is 0.514. The molecule has 0 aliphatic rings. The van der Waals surface area contributed by atoms with Gasteiger partial charge in [-0.25, -0.2) is 13.8 Å². The highest BCUT2D eigenvalue weighted by Gasteiger charge is 2.21. The van der Waals surface area contributed by atoms with Crippen molar-refractivity contribution in [3.05, 3.63) is 106 Å². The van der Waals surface area contributed by atoms with Gasteiger partial charge in [0, 0.05) is 0 Å². The van der Waals surface area contributed by atoms with E-state index in [1.807, 2.05) is 26.0 Å². The molecule has 0 amide bonds. The van der Waals surface area contributed by atoms with Crippen LogP contribution < -0.4 is 11.0 Å². The largest absolute Gasteiger partial charge is 0.285 e. The molecule has 3 aromatic carbocycles. The lowest BCUT2D eigenvalue weighted by Gasteiger charge is -2.23. The summed E-state index contributed by atoms with van der Waals surface area (Å²) < 4.78 is 28.6. The van der Waals surface area contributed by atoms with Gasteiger partial charge in [0.2, 0.25) is 0 Å². The Balaban J connectivity index is 2.03. The molecule has 0 aliphatic heterocycles. The predicted octanol–water partition coefficient (Wildman–Crippen LogP) is 2.88. The van der Waals surface area contributed by atoms with Crippen LogP contribution in [-0.4, -0.2) is 17.4 Å². The zero-order valence-corrected chi connectivity index (χ0v) is 15.5. The minimum Gasteiger partial charge on any atom is -0.285 e. The maximum Gasteiger partial charge on any atom is 0.262 e. The van der Waals surface area contributed by atoms with Crippen molar-refractivity contribution in [1.29, 1.82) is 0 Å². The Morgan fingerprint density at radius 2 is 1.43 bits per heavy atom. The zero-order chi connectivity index (χ0) is 19.8. The number of nitrogens with zero attached hydrogens (tertiary/aromatic N) is 2. The van der Waals surface area contributed by atoms with Crippen LogP contribution in [0.1, 0.15) is 23.0 Å². The summed E-state index contributed by atoms with van der Waals surface area (Å²) in [5.74, 6) is -0.198. The molecular weight excluding hydrogens is 357 g/mol. The van der Waals surface area contributed by atoms with Crippen LogP contribution in [0.25, 0.3) is 10.9 Å². The van der Waals surface area contributed by atoms with Crippen LogP contribution >= 0.6 is 0 Å².